The third-order valence-corrected chi connectivity index (χ3v) is 6.71. The number of amides is 1. The fourth-order valence-electron chi connectivity index (χ4n) is 5.05. The standard InChI is InChI=1S/C27H28N2O/c1-20-8-2-5-11-23(20)27(30)29-18-16-28(17-19-29)26-24-12-6-3-9-21(24)14-15-22-10-4-7-13-25(22)26/h2-13,26H,14-19H2,1H3. The molecule has 0 bridgehead atoms. The molecule has 1 heterocycles. The van der Waals surface area contributed by atoms with E-state index in [9.17, 15) is 4.79 Å². The first kappa shape index (κ1) is 19.1. The summed E-state index contributed by atoms with van der Waals surface area (Å²) in [5, 5.41) is 0. The maximum Gasteiger partial charge on any atom is 0.254 e. The van der Waals surface area contributed by atoms with Crippen molar-refractivity contribution >= 4 is 5.91 Å². The van der Waals surface area contributed by atoms with E-state index in [4.69, 9.17) is 0 Å². The molecule has 0 radical (unpaired) electrons. The van der Waals surface area contributed by atoms with Gasteiger partial charge in [0.1, 0.15) is 0 Å². The van der Waals surface area contributed by atoms with Crippen LogP contribution < -0.4 is 0 Å². The predicted octanol–water partition coefficient (Wildman–Crippen LogP) is 4.64. The van der Waals surface area contributed by atoms with Crippen LogP contribution in [0.5, 0.6) is 0 Å². The molecule has 1 saturated heterocycles. The van der Waals surface area contributed by atoms with Crippen LogP contribution in [0.15, 0.2) is 72.8 Å². The molecule has 3 heteroatoms. The van der Waals surface area contributed by atoms with Crippen molar-refractivity contribution in [2.45, 2.75) is 25.8 Å². The van der Waals surface area contributed by atoms with Crippen LogP contribution in [0.25, 0.3) is 0 Å². The zero-order valence-corrected chi connectivity index (χ0v) is 17.6. The minimum absolute atomic E-state index is 0.161. The van der Waals surface area contributed by atoms with Crippen LogP contribution in [0.4, 0.5) is 0 Å². The van der Waals surface area contributed by atoms with Crippen molar-refractivity contribution in [1.29, 1.82) is 0 Å². The molecule has 3 aromatic rings. The van der Waals surface area contributed by atoms with Crippen LogP contribution in [0.3, 0.4) is 0 Å². The summed E-state index contributed by atoms with van der Waals surface area (Å²) in [5.74, 6) is 0.161. The number of carbonyl (C=O) groups is 1. The summed E-state index contributed by atoms with van der Waals surface area (Å²) in [7, 11) is 0. The molecule has 0 spiro atoms. The fraction of sp³-hybridized carbons (Fsp3) is 0.296. The maximum absolute atomic E-state index is 13.1. The third-order valence-electron chi connectivity index (χ3n) is 6.71. The highest BCUT2D eigenvalue weighted by Gasteiger charge is 2.32. The summed E-state index contributed by atoms with van der Waals surface area (Å²) in [4.78, 5) is 17.7. The Balaban J connectivity index is 1.41. The second kappa shape index (κ2) is 8.08. The van der Waals surface area contributed by atoms with Gasteiger partial charge in [0.15, 0.2) is 0 Å². The Morgan fingerprint density at radius 1 is 0.733 bits per heavy atom. The van der Waals surface area contributed by atoms with E-state index in [-0.39, 0.29) is 11.9 Å². The first-order chi connectivity index (χ1) is 14.7. The lowest BCUT2D eigenvalue weighted by Crippen LogP contribution is -2.50. The molecule has 0 saturated carbocycles. The van der Waals surface area contributed by atoms with Crippen LogP contribution in [-0.4, -0.2) is 41.9 Å². The highest BCUT2D eigenvalue weighted by atomic mass is 16.2. The van der Waals surface area contributed by atoms with E-state index in [1.54, 1.807) is 0 Å². The van der Waals surface area contributed by atoms with Crippen molar-refractivity contribution in [3.8, 4) is 0 Å². The van der Waals surface area contributed by atoms with Gasteiger partial charge in [-0.15, -0.1) is 0 Å². The Bertz CT molecular complexity index is 1020. The number of aryl methyl sites for hydroxylation is 3. The van der Waals surface area contributed by atoms with Crippen molar-refractivity contribution in [2.75, 3.05) is 26.2 Å². The van der Waals surface area contributed by atoms with E-state index in [1.807, 2.05) is 36.1 Å². The number of rotatable bonds is 2. The molecule has 1 fully saturated rings. The molecule has 30 heavy (non-hydrogen) atoms. The average Bonchev–Trinajstić information content (AvgIpc) is 2.96. The number of hydrogen-bond donors (Lipinski definition) is 0. The Kier molecular flexibility index (Phi) is 5.14. The Hall–Kier alpha value is -2.91. The Morgan fingerprint density at radius 2 is 1.27 bits per heavy atom. The van der Waals surface area contributed by atoms with Gasteiger partial charge in [0.2, 0.25) is 0 Å². The van der Waals surface area contributed by atoms with Gasteiger partial charge in [-0.25, -0.2) is 0 Å². The molecule has 1 aliphatic carbocycles. The second-order valence-electron chi connectivity index (χ2n) is 8.44. The zero-order valence-electron chi connectivity index (χ0n) is 17.6. The topological polar surface area (TPSA) is 23.6 Å². The van der Waals surface area contributed by atoms with Gasteiger partial charge in [-0.05, 0) is 53.6 Å². The monoisotopic (exact) mass is 396 g/mol. The zero-order chi connectivity index (χ0) is 20.5. The molecule has 0 aromatic heterocycles. The number of carbonyl (C=O) groups excluding carboxylic acids is 1. The van der Waals surface area contributed by atoms with E-state index in [0.717, 1.165) is 50.1 Å². The van der Waals surface area contributed by atoms with E-state index in [1.165, 1.54) is 22.3 Å². The van der Waals surface area contributed by atoms with Gasteiger partial charge in [0.25, 0.3) is 5.91 Å². The molecule has 1 aliphatic heterocycles. The summed E-state index contributed by atoms with van der Waals surface area (Å²) in [6.07, 6.45) is 2.19. The van der Waals surface area contributed by atoms with Crippen LogP contribution >= 0.6 is 0 Å². The minimum Gasteiger partial charge on any atom is -0.336 e. The summed E-state index contributed by atoms with van der Waals surface area (Å²) in [5.41, 5.74) is 7.66. The van der Waals surface area contributed by atoms with Crippen LogP contribution in [0.2, 0.25) is 0 Å². The van der Waals surface area contributed by atoms with Crippen LogP contribution in [-0.2, 0) is 12.8 Å². The van der Waals surface area contributed by atoms with Crippen LogP contribution in [0.1, 0.15) is 44.2 Å². The number of hydrogen-bond acceptors (Lipinski definition) is 2. The maximum atomic E-state index is 13.1. The molecule has 0 N–H and O–H groups in total. The van der Waals surface area contributed by atoms with Gasteiger partial charge in [-0.1, -0.05) is 66.7 Å². The highest BCUT2D eigenvalue weighted by molar-refractivity contribution is 5.95. The van der Waals surface area contributed by atoms with Gasteiger partial charge >= 0.3 is 0 Å². The molecule has 3 nitrogen and oxygen atoms in total. The van der Waals surface area contributed by atoms with Gasteiger partial charge in [0.05, 0.1) is 6.04 Å². The van der Waals surface area contributed by atoms with Gasteiger partial charge in [-0.3, -0.25) is 9.69 Å². The SMILES string of the molecule is Cc1ccccc1C(=O)N1CCN(C2c3ccccc3CCc3ccccc32)CC1. The summed E-state index contributed by atoms with van der Waals surface area (Å²) in [6, 6.07) is 26.0. The molecular formula is C27H28N2O. The molecule has 2 aliphatic rings. The van der Waals surface area contributed by atoms with Gasteiger partial charge in [0, 0.05) is 31.7 Å². The largest absolute Gasteiger partial charge is 0.336 e. The summed E-state index contributed by atoms with van der Waals surface area (Å²) < 4.78 is 0. The normalized spacial score (nSPS) is 17.2. The number of fused-ring (bicyclic) bond motifs is 2. The van der Waals surface area contributed by atoms with Gasteiger partial charge in [-0.2, -0.15) is 0 Å². The Morgan fingerprint density at radius 3 is 1.87 bits per heavy atom. The molecule has 0 atom stereocenters. The second-order valence-corrected chi connectivity index (χ2v) is 8.44. The molecule has 152 valence electrons. The van der Waals surface area contributed by atoms with E-state index in [2.05, 4.69) is 53.4 Å². The Labute approximate surface area is 178 Å². The molecule has 3 aromatic carbocycles. The number of benzene rings is 3. The highest BCUT2D eigenvalue weighted by Crippen LogP contribution is 2.37. The molecule has 0 unspecified atom stereocenters. The molecule has 5 rings (SSSR count). The first-order valence-electron chi connectivity index (χ1n) is 11.0. The quantitative estimate of drug-likeness (QED) is 0.630. The lowest BCUT2D eigenvalue weighted by molar-refractivity contribution is 0.0596. The summed E-state index contributed by atoms with van der Waals surface area (Å²) in [6.45, 7) is 5.35. The van der Waals surface area contributed by atoms with E-state index in [0.29, 0.717) is 0 Å². The van der Waals surface area contributed by atoms with Gasteiger partial charge < -0.3 is 4.90 Å². The van der Waals surface area contributed by atoms with Crippen molar-refractivity contribution in [1.82, 2.24) is 9.80 Å². The van der Waals surface area contributed by atoms with Crippen molar-refractivity contribution in [3.63, 3.8) is 0 Å². The summed E-state index contributed by atoms with van der Waals surface area (Å²) >= 11 is 0. The van der Waals surface area contributed by atoms with Crippen LogP contribution in [0, 0.1) is 6.92 Å². The van der Waals surface area contributed by atoms with E-state index < -0.39 is 0 Å². The predicted molar refractivity (Wildman–Crippen MR) is 121 cm³/mol. The smallest absolute Gasteiger partial charge is 0.254 e. The lowest BCUT2D eigenvalue weighted by Gasteiger charge is -2.40. The number of piperazine rings is 1. The van der Waals surface area contributed by atoms with Crippen molar-refractivity contribution in [3.05, 3.63) is 106 Å². The van der Waals surface area contributed by atoms with Crippen molar-refractivity contribution in [2.24, 2.45) is 0 Å². The number of nitrogens with zero attached hydrogens (tertiary/aromatic N) is 2. The average molecular weight is 397 g/mol. The molecular weight excluding hydrogens is 368 g/mol. The molecule has 1 amide bonds. The van der Waals surface area contributed by atoms with E-state index >= 15 is 0 Å². The first-order valence-corrected chi connectivity index (χ1v) is 11.0. The lowest BCUT2D eigenvalue weighted by atomic mass is 9.92. The fourth-order valence-corrected chi connectivity index (χ4v) is 5.05. The third kappa shape index (κ3) is 3.44. The minimum atomic E-state index is 0.161. The van der Waals surface area contributed by atoms with Crippen molar-refractivity contribution < 1.29 is 4.79 Å².